The Hall–Kier alpha value is -0.650. The molecular weight excluding hydrogens is 260 g/mol. The number of rotatable bonds is 4. The summed E-state index contributed by atoms with van der Waals surface area (Å²) in [7, 11) is 1.66. The second-order valence-corrected chi connectivity index (χ2v) is 7.02. The van der Waals surface area contributed by atoms with Gasteiger partial charge in [0.25, 0.3) is 0 Å². The second kappa shape index (κ2) is 6.20. The molecule has 19 heavy (non-hydrogen) atoms. The number of hydrogen-bond donors (Lipinski definition) is 1. The van der Waals surface area contributed by atoms with E-state index in [1.807, 2.05) is 0 Å². The Balaban J connectivity index is 2.12. The number of nitrogens with zero attached hydrogens (tertiary/aromatic N) is 2. The van der Waals surface area contributed by atoms with Crippen LogP contribution in [-0.2, 0) is 18.0 Å². The average Bonchev–Trinajstić information content (AvgIpc) is 2.67. The van der Waals surface area contributed by atoms with Crippen molar-refractivity contribution in [2.24, 2.45) is 5.41 Å². The Morgan fingerprint density at radius 3 is 2.84 bits per heavy atom. The highest BCUT2D eigenvalue weighted by atomic mass is 32.1. The lowest BCUT2D eigenvalue weighted by Crippen LogP contribution is -2.24. The molecule has 1 aliphatic heterocycles. The second-order valence-electron chi connectivity index (χ2n) is 5.96. The Morgan fingerprint density at radius 2 is 2.16 bits per heavy atom. The molecule has 108 valence electrons. The summed E-state index contributed by atoms with van der Waals surface area (Å²) in [6.07, 6.45) is 3.67. The SMILES string of the molecule is COCc1nc(N2CCCC(C)(C)CC2)sc1CO. The van der Waals surface area contributed by atoms with E-state index in [-0.39, 0.29) is 6.61 Å². The van der Waals surface area contributed by atoms with Gasteiger partial charge in [-0.2, -0.15) is 0 Å². The van der Waals surface area contributed by atoms with Gasteiger partial charge in [-0.1, -0.05) is 25.2 Å². The van der Waals surface area contributed by atoms with Crippen molar-refractivity contribution in [2.45, 2.75) is 46.3 Å². The highest BCUT2D eigenvalue weighted by Crippen LogP contribution is 2.34. The first-order chi connectivity index (χ1) is 9.05. The highest BCUT2D eigenvalue weighted by molar-refractivity contribution is 7.15. The van der Waals surface area contributed by atoms with Gasteiger partial charge in [0.15, 0.2) is 5.13 Å². The smallest absolute Gasteiger partial charge is 0.185 e. The van der Waals surface area contributed by atoms with Crippen LogP contribution in [0.15, 0.2) is 0 Å². The molecule has 4 nitrogen and oxygen atoms in total. The number of aromatic nitrogens is 1. The van der Waals surface area contributed by atoms with Crippen LogP contribution in [0.3, 0.4) is 0 Å². The predicted molar refractivity (Wildman–Crippen MR) is 78.6 cm³/mol. The molecule has 0 aromatic carbocycles. The maximum Gasteiger partial charge on any atom is 0.185 e. The third-order valence-electron chi connectivity index (χ3n) is 3.80. The van der Waals surface area contributed by atoms with Crippen LogP contribution in [0.25, 0.3) is 0 Å². The molecule has 0 amide bonds. The third kappa shape index (κ3) is 3.68. The van der Waals surface area contributed by atoms with Crippen molar-refractivity contribution >= 4 is 16.5 Å². The molecule has 2 heterocycles. The minimum Gasteiger partial charge on any atom is -0.391 e. The summed E-state index contributed by atoms with van der Waals surface area (Å²) in [5, 5.41) is 10.4. The van der Waals surface area contributed by atoms with Crippen LogP contribution in [0, 0.1) is 5.41 Å². The Morgan fingerprint density at radius 1 is 1.37 bits per heavy atom. The topological polar surface area (TPSA) is 45.6 Å². The highest BCUT2D eigenvalue weighted by Gasteiger charge is 2.25. The molecule has 0 unspecified atom stereocenters. The molecule has 1 saturated heterocycles. The van der Waals surface area contributed by atoms with Crippen molar-refractivity contribution in [2.75, 3.05) is 25.1 Å². The van der Waals surface area contributed by atoms with Crippen LogP contribution < -0.4 is 4.90 Å². The van der Waals surface area contributed by atoms with Gasteiger partial charge in [0.1, 0.15) is 0 Å². The van der Waals surface area contributed by atoms with Gasteiger partial charge >= 0.3 is 0 Å². The van der Waals surface area contributed by atoms with Crippen LogP contribution >= 0.6 is 11.3 Å². The molecule has 0 radical (unpaired) electrons. The quantitative estimate of drug-likeness (QED) is 0.923. The van der Waals surface area contributed by atoms with Gasteiger partial charge in [-0.15, -0.1) is 0 Å². The summed E-state index contributed by atoms with van der Waals surface area (Å²) in [4.78, 5) is 7.93. The van der Waals surface area contributed by atoms with E-state index < -0.39 is 0 Å². The summed E-state index contributed by atoms with van der Waals surface area (Å²) in [5.41, 5.74) is 1.31. The normalized spacial score (nSPS) is 19.5. The first-order valence-corrected chi connectivity index (χ1v) is 7.71. The Kier molecular flexibility index (Phi) is 4.81. The van der Waals surface area contributed by atoms with E-state index >= 15 is 0 Å². The number of ether oxygens (including phenoxy) is 1. The van der Waals surface area contributed by atoms with Crippen LogP contribution in [0.4, 0.5) is 5.13 Å². The fourth-order valence-corrected chi connectivity index (χ4v) is 3.47. The van der Waals surface area contributed by atoms with E-state index in [1.54, 1.807) is 18.4 Å². The summed E-state index contributed by atoms with van der Waals surface area (Å²) >= 11 is 1.60. The predicted octanol–water partition coefficient (Wildman–Crippen LogP) is 2.80. The van der Waals surface area contributed by atoms with E-state index in [1.165, 1.54) is 19.3 Å². The molecule has 5 heteroatoms. The molecule has 1 aromatic heterocycles. The zero-order valence-corrected chi connectivity index (χ0v) is 12.9. The maximum absolute atomic E-state index is 9.39. The van der Waals surface area contributed by atoms with Crippen LogP contribution in [0.2, 0.25) is 0 Å². The average molecular weight is 284 g/mol. The van der Waals surface area contributed by atoms with Crippen molar-refractivity contribution in [3.05, 3.63) is 10.6 Å². The first kappa shape index (κ1) is 14.8. The lowest BCUT2D eigenvalue weighted by Gasteiger charge is -2.22. The zero-order chi connectivity index (χ0) is 13.9. The molecule has 0 aliphatic carbocycles. The van der Waals surface area contributed by atoms with Crippen molar-refractivity contribution in [3.8, 4) is 0 Å². The first-order valence-electron chi connectivity index (χ1n) is 6.89. The van der Waals surface area contributed by atoms with Gasteiger partial charge in [-0.05, 0) is 24.7 Å². The monoisotopic (exact) mass is 284 g/mol. The van der Waals surface area contributed by atoms with Crippen molar-refractivity contribution in [3.63, 3.8) is 0 Å². The lowest BCUT2D eigenvalue weighted by atomic mass is 9.85. The molecule has 0 atom stereocenters. The summed E-state index contributed by atoms with van der Waals surface area (Å²) in [5.74, 6) is 0. The maximum atomic E-state index is 9.39. The van der Waals surface area contributed by atoms with Gasteiger partial charge in [0.2, 0.25) is 0 Å². The molecular formula is C14H24N2O2S. The van der Waals surface area contributed by atoms with Gasteiger partial charge in [-0.25, -0.2) is 4.98 Å². The zero-order valence-electron chi connectivity index (χ0n) is 12.1. The van der Waals surface area contributed by atoms with E-state index in [4.69, 9.17) is 4.74 Å². The largest absolute Gasteiger partial charge is 0.391 e. The van der Waals surface area contributed by atoms with E-state index in [2.05, 4.69) is 23.7 Å². The minimum atomic E-state index is 0.0513. The van der Waals surface area contributed by atoms with Crippen LogP contribution in [0.5, 0.6) is 0 Å². The fourth-order valence-electron chi connectivity index (χ4n) is 2.49. The van der Waals surface area contributed by atoms with Gasteiger partial charge < -0.3 is 14.7 Å². The molecule has 1 aliphatic rings. The summed E-state index contributed by atoms with van der Waals surface area (Å²) < 4.78 is 5.14. The van der Waals surface area contributed by atoms with E-state index in [0.717, 1.165) is 28.8 Å². The van der Waals surface area contributed by atoms with Crippen molar-refractivity contribution < 1.29 is 9.84 Å². The van der Waals surface area contributed by atoms with Crippen molar-refractivity contribution in [1.82, 2.24) is 4.98 Å². The molecule has 0 saturated carbocycles. The standard InChI is InChI=1S/C14H24N2O2S/c1-14(2)5-4-7-16(8-6-14)13-15-11(10-18-3)12(9-17)19-13/h17H,4-10H2,1-3H3. The fraction of sp³-hybridized carbons (Fsp3) is 0.786. The van der Waals surface area contributed by atoms with Gasteiger partial charge in [-0.3, -0.25) is 0 Å². The molecule has 2 rings (SSSR count). The number of aliphatic hydroxyl groups excluding tert-OH is 1. The minimum absolute atomic E-state index is 0.0513. The number of aliphatic hydroxyl groups is 1. The lowest BCUT2D eigenvalue weighted by molar-refractivity contribution is 0.179. The molecule has 1 aromatic rings. The summed E-state index contributed by atoms with van der Waals surface area (Å²) in [6.45, 7) is 7.33. The number of methoxy groups -OCH3 is 1. The van der Waals surface area contributed by atoms with Crippen LogP contribution in [0.1, 0.15) is 43.7 Å². The van der Waals surface area contributed by atoms with Gasteiger partial charge in [0, 0.05) is 20.2 Å². The molecule has 1 fully saturated rings. The summed E-state index contributed by atoms with van der Waals surface area (Å²) in [6, 6.07) is 0. The van der Waals surface area contributed by atoms with Crippen molar-refractivity contribution in [1.29, 1.82) is 0 Å². The number of anilines is 1. The van der Waals surface area contributed by atoms with Crippen LogP contribution in [-0.4, -0.2) is 30.3 Å². The number of hydrogen-bond acceptors (Lipinski definition) is 5. The molecule has 0 spiro atoms. The third-order valence-corrected chi connectivity index (χ3v) is 4.95. The molecule has 1 N–H and O–H groups in total. The Labute approximate surface area is 119 Å². The molecule has 0 bridgehead atoms. The number of thiazole rings is 1. The van der Waals surface area contributed by atoms with E-state index in [0.29, 0.717) is 12.0 Å². The van der Waals surface area contributed by atoms with Gasteiger partial charge in [0.05, 0.1) is 23.8 Å². The van der Waals surface area contributed by atoms with E-state index in [9.17, 15) is 5.11 Å². The Bertz CT molecular complexity index is 418.